The maximum atomic E-state index is 12.5. The Bertz CT molecular complexity index is 942. The summed E-state index contributed by atoms with van der Waals surface area (Å²) in [6.45, 7) is 2.24. The minimum Gasteiger partial charge on any atom is -0.497 e. The summed E-state index contributed by atoms with van der Waals surface area (Å²) in [6.07, 6.45) is 2.32. The van der Waals surface area contributed by atoms with Crippen molar-refractivity contribution in [3.8, 4) is 11.5 Å². The van der Waals surface area contributed by atoms with Crippen molar-refractivity contribution in [3.63, 3.8) is 0 Å². The molecule has 0 spiro atoms. The molecular formula is C22H26N2O4. The lowest BCUT2D eigenvalue weighted by atomic mass is 9.87. The maximum Gasteiger partial charge on any atom is 0.244 e. The van der Waals surface area contributed by atoms with Gasteiger partial charge in [0, 0.05) is 42.6 Å². The Balaban J connectivity index is 2.11. The molecule has 0 aliphatic heterocycles. The number of nitrogens with zero attached hydrogens (tertiary/aromatic N) is 1. The average Bonchev–Trinajstić information content (AvgIpc) is 3.06. The molecule has 3 rings (SSSR count). The number of hydroxylamine groups is 1. The molecule has 1 atom stereocenters. The number of methoxy groups -OCH3 is 2. The van der Waals surface area contributed by atoms with E-state index in [2.05, 4.69) is 28.4 Å². The lowest BCUT2D eigenvalue weighted by Gasteiger charge is -2.19. The van der Waals surface area contributed by atoms with E-state index in [1.54, 1.807) is 14.2 Å². The van der Waals surface area contributed by atoms with Crippen molar-refractivity contribution in [2.24, 2.45) is 7.05 Å². The van der Waals surface area contributed by atoms with Crippen LogP contribution in [0, 0.1) is 0 Å². The molecule has 3 aromatic rings. The molecule has 1 N–H and O–H groups in total. The highest BCUT2D eigenvalue weighted by Gasteiger charge is 2.23. The highest BCUT2D eigenvalue weighted by molar-refractivity contribution is 5.86. The molecule has 0 saturated heterocycles. The first kappa shape index (κ1) is 19.8. The molecule has 1 unspecified atom stereocenters. The van der Waals surface area contributed by atoms with E-state index in [4.69, 9.17) is 14.3 Å². The fourth-order valence-corrected chi connectivity index (χ4v) is 3.47. The SMILES string of the molecule is CCONC(=O)CC(c1cc(OC)cc(OC)c1)c1cn(C)c2ccccc12. The number of hydrogen-bond acceptors (Lipinski definition) is 4. The third-order valence-electron chi connectivity index (χ3n) is 4.80. The lowest BCUT2D eigenvalue weighted by molar-refractivity contribution is -0.133. The molecule has 0 aliphatic carbocycles. The van der Waals surface area contributed by atoms with Gasteiger partial charge in [0.2, 0.25) is 5.91 Å². The van der Waals surface area contributed by atoms with E-state index >= 15 is 0 Å². The molecule has 0 radical (unpaired) electrons. The van der Waals surface area contributed by atoms with Crippen LogP contribution in [0.15, 0.2) is 48.7 Å². The summed E-state index contributed by atoms with van der Waals surface area (Å²) in [6, 6.07) is 13.9. The molecule has 0 bridgehead atoms. The molecule has 1 amide bonds. The van der Waals surface area contributed by atoms with Gasteiger partial charge in [0.05, 0.1) is 20.8 Å². The largest absolute Gasteiger partial charge is 0.497 e. The smallest absolute Gasteiger partial charge is 0.244 e. The molecule has 148 valence electrons. The molecular weight excluding hydrogens is 356 g/mol. The van der Waals surface area contributed by atoms with E-state index < -0.39 is 0 Å². The van der Waals surface area contributed by atoms with E-state index in [0.29, 0.717) is 18.1 Å². The highest BCUT2D eigenvalue weighted by atomic mass is 16.6. The van der Waals surface area contributed by atoms with Crippen LogP contribution in [0.1, 0.15) is 30.4 Å². The van der Waals surface area contributed by atoms with Crippen molar-refractivity contribution in [1.29, 1.82) is 0 Å². The Labute approximate surface area is 165 Å². The van der Waals surface area contributed by atoms with Crippen LogP contribution < -0.4 is 15.0 Å². The summed E-state index contributed by atoms with van der Waals surface area (Å²) >= 11 is 0. The third-order valence-corrected chi connectivity index (χ3v) is 4.80. The number of carbonyl (C=O) groups excluding carboxylic acids is 1. The van der Waals surface area contributed by atoms with Crippen molar-refractivity contribution in [2.45, 2.75) is 19.3 Å². The van der Waals surface area contributed by atoms with Crippen molar-refractivity contribution < 1.29 is 19.1 Å². The van der Waals surface area contributed by atoms with E-state index in [1.165, 1.54) is 0 Å². The van der Waals surface area contributed by atoms with Gasteiger partial charge in [-0.25, -0.2) is 5.48 Å². The maximum absolute atomic E-state index is 12.5. The molecule has 6 heteroatoms. The Morgan fingerprint density at radius 2 is 1.79 bits per heavy atom. The van der Waals surface area contributed by atoms with E-state index in [-0.39, 0.29) is 18.2 Å². The standard InChI is InChI=1S/C22H26N2O4/c1-5-28-23-22(25)13-19(15-10-16(26-3)12-17(11-15)27-4)20-14-24(2)21-9-7-6-8-18(20)21/h6-12,14,19H,5,13H2,1-4H3,(H,23,25). The second-order valence-corrected chi connectivity index (χ2v) is 6.57. The number of rotatable bonds is 8. The summed E-state index contributed by atoms with van der Waals surface area (Å²) in [5.74, 6) is 1.01. The van der Waals surface area contributed by atoms with Crippen LogP contribution in [0.5, 0.6) is 11.5 Å². The quantitative estimate of drug-likeness (QED) is 0.602. The number of amides is 1. The minimum absolute atomic E-state index is 0.179. The molecule has 6 nitrogen and oxygen atoms in total. The molecule has 0 aliphatic rings. The zero-order chi connectivity index (χ0) is 20.1. The van der Waals surface area contributed by atoms with Crippen LogP contribution in [0.4, 0.5) is 0 Å². The van der Waals surface area contributed by atoms with Crippen molar-refractivity contribution in [2.75, 3.05) is 20.8 Å². The van der Waals surface area contributed by atoms with E-state index in [9.17, 15) is 4.79 Å². The second-order valence-electron chi connectivity index (χ2n) is 6.57. The Kier molecular flexibility index (Phi) is 6.21. The number of carbonyl (C=O) groups is 1. The monoisotopic (exact) mass is 382 g/mol. The minimum atomic E-state index is -0.185. The van der Waals surface area contributed by atoms with Gasteiger partial charge in [-0.2, -0.15) is 0 Å². The number of ether oxygens (including phenoxy) is 2. The van der Waals surface area contributed by atoms with E-state index in [1.807, 2.05) is 44.3 Å². The fourth-order valence-electron chi connectivity index (χ4n) is 3.47. The fraction of sp³-hybridized carbons (Fsp3) is 0.318. The summed E-state index contributed by atoms with van der Waals surface area (Å²) in [7, 11) is 5.25. The first-order chi connectivity index (χ1) is 13.6. The van der Waals surface area contributed by atoms with Gasteiger partial charge in [-0.3, -0.25) is 9.63 Å². The molecule has 1 heterocycles. The van der Waals surface area contributed by atoms with Crippen LogP contribution >= 0.6 is 0 Å². The zero-order valence-electron chi connectivity index (χ0n) is 16.7. The van der Waals surface area contributed by atoms with Crippen LogP contribution in [0.2, 0.25) is 0 Å². The van der Waals surface area contributed by atoms with Gasteiger partial charge >= 0.3 is 0 Å². The summed E-state index contributed by atoms with van der Waals surface area (Å²) in [5, 5.41) is 1.11. The molecule has 0 saturated carbocycles. The number of aryl methyl sites for hydroxylation is 1. The van der Waals surface area contributed by atoms with Gasteiger partial charge in [0.25, 0.3) is 0 Å². The van der Waals surface area contributed by atoms with E-state index in [0.717, 1.165) is 22.0 Å². The summed E-state index contributed by atoms with van der Waals surface area (Å²) in [5.41, 5.74) is 5.63. The van der Waals surface area contributed by atoms with Crippen molar-refractivity contribution in [1.82, 2.24) is 10.0 Å². The summed E-state index contributed by atoms with van der Waals surface area (Å²) < 4.78 is 12.9. The summed E-state index contributed by atoms with van der Waals surface area (Å²) in [4.78, 5) is 17.6. The van der Waals surface area contributed by atoms with Gasteiger partial charge in [0.1, 0.15) is 11.5 Å². The van der Waals surface area contributed by atoms with Gasteiger partial charge in [-0.05, 0) is 36.2 Å². The second kappa shape index (κ2) is 8.80. The number of fused-ring (bicyclic) bond motifs is 1. The first-order valence-corrected chi connectivity index (χ1v) is 9.25. The number of benzene rings is 2. The molecule has 2 aromatic carbocycles. The molecule has 28 heavy (non-hydrogen) atoms. The van der Waals surface area contributed by atoms with Crippen LogP contribution in [0.25, 0.3) is 10.9 Å². The van der Waals surface area contributed by atoms with Crippen LogP contribution in [-0.2, 0) is 16.7 Å². The number of para-hydroxylation sites is 1. The van der Waals surface area contributed by atoms with Crippen molar-refractivity contribution >= 4 is 16.8 Å². The van der Waals surface area contributed by atoms with Gasteiger partial charge in [-0.15, -0.1) is 0 Å². The molecule has 0 fully saturated rings. The Hall–Kier alpha value is -2.99. The average molecular weight is 382 g/mol. The normalized spacial score (nSPS) is 12.0. The predicted molar refractivity (Wildman–Crippen MR) is 109 cm³/mol. The number of hydrogen-bond donors (Lipinski definition) is 1. The lowest BCUT2D eigenvalue weighted by Crippen LogP contribution is -2.25. The predicted octanol–water partition coefficient (Wildman–Crippen LogP) is 3.79. The Morgan fingerprint density at radius 3 is 2.43 bits per heavy atom. The van der Waals surface area contributed by atoms with Gasteiger partial charge < -0.3 is 14.0 Å². The number of aromatic nitrogens is 1. The van der Waals surface area contributed by atoms with Gasteiger partial charge in [0.15, 0.2) is 0 Å². The zero-order valence-corrected chi connectivity index (χ0v) is 16.7. The Morgan fingerprint density at radius 1 is 1.11 bits per heavy atom. The van der Waals surface area contributed by atoms with Crippen molar-refractivity contribution in [3.05, 3.63) is 59.8 Å². The highest BCUT2D eigenvalue weighted by Crippen LogP contribution is 2.37. The molecule has 1 aromatic heterocycles. The first-order valence-electron chi connectivity index (χ1n) is 9.25. The van der Waals surface area contributed by atoms with Gasteiger partial charge in [-0.1, -0.05) is 18.2 Å². The van der Waals surface area contributed by atoms with Crippen LogP contribution in [-0.4, -0.2) is 31.3 Å². The van der Waals surface area contributed by atoms with Crippen LogP contribution in [0.3, 0.4) is 0 Å². The third kappa shape index (κ3) is 4.12. The topological polar surface area (TPSA) is 61.7 Å². The number of nitrogens with one attached hydrogen (secondary N) is 1.